The second-order valence-electron chi connectivity index (χ2n) is 5.84. The van der Waals surface area contributed by atoms with Gasteiger partial charge in [0.15, 0.2) is 0 Å². The van der Waals surface area contributed by atoms with Gasteiger partial charge in [-0.2, -0.15) is 0 Å². The first kappa shape index (κ1) is 15.0. The van der Waals surface area contributed by atoms with Crippen LogP contribution in [-0.2, 0) is 16.1 Å². The van der Waals surface area contributed by atoms with Crippen LogP contribution in [0.15, 0.2) is 30.3 Å². The molecule has 1 fully saturated rings. The van der Waals surface area contributed by atoms with E-state index >= 15 is 0 Å². The first-order chi connectivity index (χ1) is 9.70. The minimum absolute atomic E-state index is 0.00164. The van der Waals surface area contributed by atoms with Crippen molar-refractivity contribution in [2.45, 2.75) is 39.2 Å². The average molecular weight is 278 g/mol. The van der Waals surface area contributed by atoms with E-state index in [-0.39, 0.29) is 24.5 Å². The summed E-state index contributed by atoms with van der Waals surface area (Å²) in [5.74, 6) is 0.455. The van der Waals surface area contributed by atoms with Gasteiger partial charge >= 0.3 is 5.97 Å². The zero-order valence-corrected chi connectivity index (χ0v) is 12.1. The Morgan fingerprint density at radius 3 is 2.50 bits per heavy atom. The lowest BCUT2D eigenvalue weighted by Crippen LogP contribution is -2.26. The maximum absolute atomic E-state index is 12.6. The molecule has 1 saturated carbocycles. The molecule has 0 bridgehead atoms. The Labute approximate surface area is 120 Å². The third-order valence-corrected chi connectivity index (χ3v) is 4.38. The molecule has 1 unspecified atom stereocenters. The van der Waals surface area contributed by atoms with E-state index in [1.54, 1.807) is 0 Å². The molecule has 1 aromatic carbocycles. The number of carbonyl (C=O) groups excluding carboxylic acids is 1. The molecule has 1 atom stereocenters. The number of carbonyl (C=O) groups is 1. The SMILES string of the molecule is CC(CF)[C@H]1CC[C@H](C(=O)OCc2ccccc2)CC1. The lowest BCUT2D eigenvalue weighted by atomic mass is 9.77. The Balaban J connectivity index is 1.75. The molecule has 20 heavy (non-hydrogen) atoms. The van der Waals surface area contributed by atoms with Crippen molar-refractivity contribution in [1.82, 2.24) is 0 Å². The molecule has 0 amide bonds. The predicted molar refractivity (Wildman–Crippen MR) is 76.8 cm³/mol. The van der Waals surface area contributed by atoms with E-state index in [9.17, 15) is 9.18 Å². The van der Waals surface area contributed by atoms with Crippen molar-refractivity contribution >= 4 is 5.97 Å². The molecule has 0 radical (unpaired) electrons. The maximum atomic E-state index is 12.6. The van der Waals surface area contributed by atoms with Crippen molar-refractivity contribution < 1.29 is 13.9 Å². The third kappa shape index (κ3) is 4.06. The highest BCUT2D eigenvalue weighted by Crippen LogP contribution is 2.34. The van der Waals surface area contributed by atoms with Crippen molar-refractivity contribution in [2.24, 2.45) is 17.8 Å². The number of hydrogen-bond acceptors (Lipinski definition) is 2. The molecule has 1 aromatic rings. The van der Waals surface area contributed by atoms with Crippen LogP contribution in [0.2, 0.25) is 0 Å². The fourth-order valence-electron chi connectivity index (χ4n) is 2.90. The molecule has 0 heterocycles. The summed E-state index contributed by atoms with van der Waals surface area (Å²) in [6.07, 6.45) is 3.55. The van der Waals surface area contributed by atoms with Gasteiger partial charge in [0, 0.05) is 0 Å². The minimum Gasteiger partial charge on any atom is -0.461 e. The molecule has 110 valence electrons. The predicted octanol–water partition coefficient (Wildman–Crippen LogP) is 4.14. The lowest BCUT2D eigenvalue weighted by molar-refractivity contribution is -0.151. The van der Waals surface area contributed by atoms with Crippen LogP contribution in [0.3, 0.4) is 0 Å². The van der Waals surface area contributed by atoms with Gasteiger partial charge in [0.1, 0.15) is 6.61 Å². The van der Waals surface area contributed by atoms with Gasteiger partial charge in [-0.1, -0.05) is 37.3 Å². The molecule has 0 spiro atoms. The van der Waals surface area contributed by atoms with E-state index in [1.165, 1.54) is 0 Å². The van der Waals surface area contributed by atoms with Crippen LogP contribution < -0.4 is 0 Å². The van der Waals surface area contributed by atoms with Crippen LogP contribution in [0.5, 0.6) is 0 Å². The summed E-state index contributed by atoms with van der Waals surface area (Å²) < 4.78 is 18.0. The van der Waals surface area contributed by atoms with Crippen LogP contribution in [0.1, 0.15) is 38.2 Å². The van der Waals surface area contributed by atoms with Gasteiger partial charge in [0.05, 0.1) is 12.6 Å². The van der Waals surface area contributed by atoms with Gasteiger partial charge in [-0.3, -0.25) is 9.18 Å². The van der Waals surface area contributed by atoms with Gasteiger partial charge < -0.3 is 4.74 Å². The fourth-order valence-corrected chi connectivity index (χ4v) is 2.90. The number of rotatable bonds is 5. The minimum atomic E-state index is -0.256. The van der Waals surface area contributed by atoms with Gasteiger partial charge in [0.2, 0.25) is 0 Å². The van der Waals surface area contributed by atoms with E-state index in [1.807, 2.05) is 37.3 Å². The van der Waals surface area contributed by atoms with Crippen LogP contribution in [0.4, 0.5) is 4.39 Å². The summed E-state index contributed by atoms with van der Waals surface area (Å²) in [5, 5.41) is 0. The largest absolute Gasteiger partial charge is 0.461 e. The highest BCUT2D eigenvalue weighted by Gasteiger charge is 2.29. The highest BCUT2D eigenvalue weighted by atomic mass is 19.1. The van der Waals surface area contributed by atoms with Crippen molar-refractivity contribution in [3.05, 3.63) is 35.9 Å². The van der Waals surface area contributed by atoms with E-state index in [4.69, 9.17) is 4.74 Å². The number of esters is 1. The summed E-state index contributed by atoms with van der Waals surface area (Å²) in [5.41, 5.74) is 1.01. The molecule has 1 aliphatic rings. The zero-order valence-electron chi connectivity index (χ0n) is 12.1. The van der Waals surface area contributed by atoms with Crippen LogP contribution in [0.25, 0.3) is 0 Å². The topological polar surface area (TPSA) is 26.3 Å². The Morgan fingerprint density at radius 2 is 1.90 bits per heavy atom. The summed E-state index contributed by atoms with van der Waals surface area (Å²) >= 11 is 0. The van der Waals surface area contributed by atoms with Crippen molar-refractivity contribution in [1.29, 1.82) is 0 Å². The van der Waals surface area contributed by atoms with Crippen LogP contribution >= 0.6 is 0 Å². The number of ether oxygens (including phenoxy) is 1. The summed E-state index contributed by atoms with van der Waals surface area (Å²) in [7, 11) is 0. The molecule has 3 heteroatoms. The summed E-state index contributed by atoms with van der Waals surface area (Å²) in [6.45, 7) is 2.05. The second-order valence-corrected chi connectivity index (χ2v) is 5.84. The van der Waals surface area contributed by atoms with Gasteiger partial charge in [-0.25, -0.2) is 0 Å². The van der Waals surface area contributed by atoms with E-state index in [0.717, 1.165) is 31.2 Å². The Morgan fingerprint density at radius 1 is 1.25 bits per heavy atom. The second kappa shape index (κ2) is 7.41. The molecule has 0 aromatic heterocycles. The first-order valence-corrected chi connectivity index (χ1v) is 7.47. The molecule has 0 N–H and O–H groups in total. The van der Waals surface area contributed by atoms with Crippen molar-refractivity contribution in [2.75, 3.05) is 6.67 Å². The van der Waals surface area contributed by atoms with Crippen molar-refractivity contribution in [3.8, 4) is 0 Å². The molecule has 0 aliphatic heterocycles. The molecule has 1 aliphatic carbocycles. The monoisotopic (exact) mass is 278 g/mol. The Bertz CT molecular complexity index is 410. The number of hydrogen-bond donors (Lipinski definition) is 0. The maximum Gasteiger partial charge on any atom is 0.309 e. The Hall–Kier alpha value is -1.38. The van der Waals surface area contributed by atoms with Crippen molar-refractivity contribution in [3.63, 3.8) is 0 Å². The smallest absolute Gasteiger partial charge is 0.309 e. The van der Waals surface area contributed by atoms with E-state index < -0.39 is 0 Å². The lowest BCUT2D eigenvalue weighted by Gasteiger charge is -2.30. The molecule has 2 rings (SSSR count). The van der Waals surface area contributed by atoms with E-state index in [2.05, 4.69) is 0 Å². The average Bonchev–Trinajstić information content (AvgIpc) is 2.53. The van der Waals surface area contributed by atoms with Gasteiger partial charge in [0.25, 0.3) is 0 Å². The molecule has 0 saturated heterocycles. The quantitative estimate of drug-likeness (QED) is 0.757. The number of alkyl halides is 1. The first-order valence-electron chi connectivity index (χ1n) is 7.47. The Kier molecular flexibility index (Phi) is 5.57. The standard InChI is InChI=1S/C17H23FO2/c1-13(11-18)15-7-9-16(10-8-15)17(19)20-12-14-5-3-2-4-6-14/h2-6,13,15-16H,7-12H2,1H3/t13?,15-,16-. The van der Waals surface area contributed by atoms with Crippen LogP contribution in [0, 0.1) is 17.8 Å². The number of benzene rings is 1. The summed E-state index contributed by atoms with van der Waals surface area (Å²) in [4.78, 5) is 12.0. The molecule has 2 nitrogen and oxygen atoms in total. The molecular formula is C17H23FO2. The third-order valence-electron chi connectivity index (χ3n) is 4.38. The van der Waals surface area contributed by atoms with Gasteiger partial charge in [-0.15, -0.1) is 0 Å². The fraction of sp³-hybridized carbons (Fsp3) is 0.588. The van der Waals surface area contributed by atoms with Gasteiger partial charge in [-0.05, 0) is 43.1 Å². The highest BCUT2D eigenvalue weighted by molar-refractivity contribution is 5.72. The van der Waals surface area contributed by atoms with E-state index in [0.29, 0.717) is 12.5 Å². The molecular weight excluding hydrogens is 255 g/mol. The normalized spacial score (nSPS) is 24.1. The van der Waals surface area contributed by atoms with Crippen LogP contribution in [-0.4, -0.2) is 12.6 Å². The zero-order chi connectivity index (χ0) is 14.4. The summed E-state index contributed by atoms with van der Waals surface area (Å²) in [6, 6.07) is 9.72. The number of halogens is 1.